The molecule has 2 aromatic rings. The summed E-state index contributed by atoms with van der Waals surface area (Å²) in [5.74, 6) is 0.307. The highest BCUT2D eigenvalue weighted by Crippen LogP contribution is 2.34. The lowest BCUT2D eigenvalue weighted by Gasteiger charge is -2.32. The van der Waals surface area contributed by atoms with Gasteiger partial charge in [-0.05, 0) is 53.1 Å². The molecule has 1 heterocycles. The summed E-state index contributed by atoms with van der Waals surface area (Å²) in [5, 5.41) is 0. The van der Waals surface area contributed by atoms with E-state index in [4.69, 9.17) is 5.73 Å². The summed E-state index contributed by atoms with van der Waals surface area (Å²) in [7, 11) is 0. The van der Waals surface area contributed by atoms with Gasteiger partial charge >= 0.3 is 6.18 Å². The van der Waals surface area contributed by atoms with E-state index in [9.17, 15) is 18.0 Å². The van der Waals surface area contributed by atoms with Crippen LogP contribution < -0.4 is 5.73 Å². The van der Waals surface area contributed by atoms with Gasteiger partial charge in [-0.15, -0.1) is 12.4 Å². The Hall–Kier alpha value is -2.05. The number of hydrogen-bond acceptors (Lipinski definition) is 2. The number of rotatable bonds is 4. The minimum Gasteiger partial charge on any atom is -0.337 e. The predicted octanol–water partition coefficient (Wildman–Crippen LogP) is 5.05. The number of benzene rings is 2. The third kappa shape index (κ3) is 5.31. The standard InChI is InChI=1S/C22H25F3N2O.ClH/c1-14(2)12-20(26)21(28)27-11-10-19-16(13-27)4-3-5-18(19)15-6-8-17(9-7-15)22(23,24)25;/h3-9,14,20H,10-13,26H2,1-2H3;1H/t20-;/m1./s1. The Morgan fingerprint density at radius 1 is 1.14 bits per heavy atom. The number of carbonyl (C=O) groups excluding carboxylic acids is 1. The van der Waals surface area contributed by atoms with Crippen LogP contribution in [0.25, 0.3) is 11.1 Å². The van der Waals surface area contributed by atoms with Gasteiger partial charge in [-0.3, -0.25) is 4.79 Å². The zero-order chi connectivity index (χ0) is 20.5. The number of alkyl halides is 3. The maximum Gasteiger partial charge on any atom is 0.416 e. The van der Waals surface area contributed by atoms with Crippen LogP contribution in [0.1, 0.15) is 37.0 Å². The molecule has 0 radical (unpaired) electrons. The van der Waals surface area contributed by atoms with E-state index < -0.39 is 17.8 Å². The molecule has 1 atom stereocenters. The van der Waals surface area contributed by atoms with Crippen LogP contribution >= 0.6 is 12.4 Å². The number of nitrogens with zero attached hydrogens (tertiary/aromatic N) is 1. The van der Waals surface area contributed by atoms with Crippen molar-refractivity contribution in [2.24, 2.45) is 11.7 Å². The fourth-order valence-electron chi connectivity index (χ4n) is 3.75. The van der Waals surface area contributed by atoms with Gasteiger partial charge in [0.15, 0.2) is 0 Å². The first-order valence-corrected chi connectivity index (χ1v) is 9.49. The molecule has 158 valence electrons. The van der Waals surface area contributed by atoms with E-state index in [0.717, 1.165) is 34.4 Å². The van der Waals surface area contributed by atoms with Crippen molar-refractivity contribution in [1.29, 1.82) is 0 Å². The first-order chi connectivity index (χ1) is 13.2. The lowest BCUT2D eigenvalue weighted by atomic mass is 9.90. The van der Waals surface area contributed by atoms with Gasteiger partial charge < -0.3 is 10.6 Å². The van der Waals surface area contributed by atoms with Crippen molar-refractivity contribution in [3.05, 3.63) is 59.2 Å². The van der Waals surface area contributed by atoms with Gasteiger partial charge in [-0.2, -0.15) is 13.2 Å². The van der Waals surface area contributed by atoms with Crippen LogP contribution in [-0.4, -0.2) is 23.4 Å². The Morgan fingerprint density at radius 2 is 1.79 bits per heavy atom. The molecule has 0 saturated carbocycles. The van der Waals surface area contributed by atoms with Crippen molar-refractivity contribution in [2.45, 2.75) is 45.5 Å². The van der Waals surface area contributed by atoms with E-state index in [1.54, 1.807) is 4.90 Å². The zero-order valence-electron chi connectivity index (χ0n) is 16.5. The molecule has 0 bridgehead atoms. The van der Waals surface area contributed by atoms with E-state index >= 15 is 0 Å². The number of amides is 1. The predicted molar refractivity (Wildman–Crippen MR) is 111 cm³/mol. The summed E-state index contributed by atoms with van der Waals surface area (Å²) in [6, 6.07) is 10.5. The first kappa shape index (κ1) is 23.2. The van der Waals surface area contributed by atoms with Crippen molar-refractivity contribution in [3.8, 4) is 11.1 Å². The van der Waals surface area contributed by atoms with Gasteiger partial charge in [0.05, 0.1) is 11.6 Å². The van der Waals surface area contributed by atoms with Crippen LogP contribution in [0.2, 0.25) is 0 Å². The molecule has 2 aromatic carbocycles. The van der Waals surface area contributed by atoms with Crippen LogP contribution in [0.5, 0.6) is 0 Å². The van der Waals surface area contributed by atoms with Gasteiger partial charge in [-0.25, -0.2) is 0 Å². The molecule has 0 aromatic heterocycles. The quantitative estimate of drug-likeness (QED) is 0.743. The second-order valence-electron chi connectivity index (χ2n) is 7.76. The minimum atomic E-state index is -4.34. The van der Waals surface area contributed by atoms with Crippen LogP contribution in [0, 0.1) is 5.92 Å². The molecular formula is C22H26ClF3N2O. The molecule has 1 amide bonds. The third-order valence-electron chi connectivity index (χ3n) is 5.14. The smallest absolute Gasteiger partial charge is 0.337 e. The lowest BCUT2D eigenvalue weighted by Crippen LogP contribution is -2.46. The highest BCUT2D eigenvalue weighted by Gasteiger charge is 2.30. The normalized spacial score (nSPS) is 14.9. The lowest BCUT2D eigenvalue weighted by molar-refractivity contribution is -0.137. The number of hydrogen-bond donors (Lipinski definition) is 1. The summed E-state index contributed by atoms with van der Waals surface area (Å²) in [4.78, 5) is 14.4. The molecule has 3 nitrogen and oxygen atoms in total. The number of fused-ring (bicyclic) bond motifs is 1. The molecule has 0 spiro atoms. The molecule has 0 fully saturated rings. The first-order valence-electron chi connectivity index (χ1n) is 9.49. The highest BCUT2D eigenvalue weighted by atomic mass is 35.5. The van der Waals surface area contributed by atoms with Gasteiger partial charge in [0.2, 0.25) is 5.91 Å². The monoisotopic (exact) mass is 426 g/mol. The maximum absolute atomic E-state index is 12.8. The minimum absolute atomic E-state index is 0. The number of halogens is 4. The molecule has 0 unspecified atom stereocenters. The summed E-state index contributed by atoms with van der Waals surface area (Å²) < 4.78 is 38.4. The Balaban J connectivity index is 0.00000300. The van der Waals surface area contributed by atoms with Crippen LogP contribution in [0.4, 0.5) is 13.2 Å². The van der Waals surface area contributed by atoms with E-state index in [-0.39, 0.29) is 18.3 Å². The second kappa shape index (κ2) is 9.18. The molecule has 1 aliphatic rings. The van der Waals surface area contributed by atoms with Crippen molar-refractivity contribution in [1.82, 2.24) is 4.90 Å². The van der Waals surface area contributed by atoms with Crippen LogP contribution in [0.3, 0.4) is 0 Å². The number of carbonyl (C=O) groups is 1. The molecule has 29 heavy (non-hydrogen) atoms. The Morgan fingerprint density at radius 3 is 2.38 bits per heavy atom. The molecule has 3 rings (SSSR count). The topological polar surface area (TPSA) is 46.3 Å². The Labute approximate surface area is 175 Å². The molecule has 7 heteroatoms. The van der Waals surface area contributed by atoms with Gasteiger partial charge in [0, 0.05) is 13.1 Å². The average Bonchev–Trinajstić information content (AvgIpc) is 2.65. The van der Waals surface area contributed by atoms with Crippen molar-refractivity contribution in [3.63, 3.8) is 0 Å². The molecular weight excluding hydrogens is 401 g/mol. The molecule has 0 saturated heterocycles. The molecule has 0 aliphatic carbocycles. The van der Waals surface area contributed by atoms with Crippen molar-refractivity contribution >= 4 is 18.3 Å². The summed E-state index contributed by atoms with van der Waals surface area (Å²) in [6.07, 6.45) is -3.04. The molecule has 1 aliphatic heterocycles. The maximum atomic E-state index is 12.8. The van der Waals surface area contributed by atoms with E-state index in [2.05, 4.69) is 0 Å². The average molecular weight is 427 g/mol. The van der Waals surface area contributed by atoms with Crippen molar-refractivity contribution < 1.29 is 18.0 Å². The van der Waals surface area contributed by atoms with E-state index in [0.29, 0.717) is 31.8 Å². The number of nitrogens with two attached hydrogens (primary N) is 1. The van der Waals surface area contributed by atoms with Gasteiger partial charge in [0.1, 0.15) is 0 Å². The Kier molecular flexibility index (Phi) is 7.35. The van der Waals surface area contributed by atoms with Gasteiger partial charge in [-0.1, -0.05) is 44.2 Å². The third-order valence-corrected chi connectivity index (χ3v) is 5.14. The van der Waals surface area contributed by atoms with E-state index in [1.165, 1.54) is 12.1 Å². The van der Waals surface area contributed by atoms with E-state index in [1.807, 2.05) is 32.0 Å². The zero-order valence-corrected chi connectivity index (χ0v) is 17.3. The largest absolute Gasteiger partial charge is 0.416 e. The SMILES string of the molecule is CC(C)C[C@@H](N)C(=O)N1CCc2c(cccc2-c2ccc(C(F)(F)F)cc2)C1.Cl. The summed E-state index contributed by atoms with van der Waals surface area (Å²) in [6.45, 7) is 5.12. The fourth-order valence-corrected chi connectivity index (χ4v) is 3.75. The molecule has 2 N–H and O–H groups in total. The Bertz CT molecular complexity index is 850. The second-order valence-corrected chi connectivity index (χ2v) is 7.76. The fraction of sp³-hybridized carbons (Fsp3) is 0.409. The summed E-state index contributed by atoms with van der Waals surface area (Å²) >= 11 is 0. The van der Waals surface area contributed by atoms with Crippen LogP contribution in [0.15, 0.2) is 42.5 Å². The summed E-state index contributed by atoms with van der Waals surface area (Å²) in [5.41, 5.74) is 9.18. The van der Waals surface area contributed by atoms with Crippen molar-refractivity contribution in [2.75, 3.05) is 6.54 Å². The van der Waals surface area contributed by atoms with Gasteiger partial charge in [0.25, 0.3) is 0 Å². The highest BCUT2D eigenvalue weighted by molar-refractivity contribution is 5.85. The van der Waals surface area contributed by atoms with Crippen LogP contribution in [-0.2, 0) is 23.9 Å².